The number of terminal acetylenes is 1. The predicted octanol–water partition coefficient (Wildman–Crippen LogP) is 6.01. The van der Waals surface area contributed by atoms with Gasteiger partial charge in [-0.1, -0.05) is 17.9 Å². The van der Waals surface area contributed by atoms with Crippen LogP contribution in [0.25, 0.3) is 32.9 Å². The minimum Gasteiger partial charge on any atom is -0.508 e. The molecule has 4 aliphatic heterocycles. The van der Waals surface area contributed by atoms with Crippen molar-refractivity contribution in [3.8, 4) is 47.2 Å². The molecule has 4 fully saturated rings. The Hall–Kier alpha value is -4.79. The zero-order chi connectivity index (χ0) is 35.7. The first kappa shape index (κ1) is 33.4. The third-order valence-electron chi connectivity index (χ3n) is 10.4. The molecular formula is C37H32F6N6O2. The second-order valence-corrected chi connectivity index (χ2v) is 13.8. The van der Waals surface area contributed by atoms with Crippen LogP contribution < -0.4 is 15.0 Å². The number of anilines is 1. The van der Waals surface area contributed by atoms with E-state index in [2.05, 4.69) is 37.9 Å². The Bertz CT molecular complexity index is 2170. The minimum atomic E-state index is -4.61. The maximum atomic E-state index is 17.2. The number of nitrogens with zero attached hydrogens (tertiary/aromatic N) is 5. The van der Waals surface area contributed by atoms with Gasteiger partial charge in [-0.15, -0.1) is 6.42 Å². The fraction of sp³-hybridized carbons (Fsp3) is 0.432. The predicted molar refractivity (Wildman–Crippen MR) is 178 cm³/mol. The van der Waals surface area contributed by atoms with Crippen molar-refractivity contribution in [3.63, 3.8) is 0 Å². The normalized spacial score (nSPS) is 24.5. The molecule has 264 valence electrons. The van der Waals surface area contributed by atoms with E-state index in [1.807, 2.05) is 4.90 Å². The van der Waals surface area contributed by atoms with Crippen LogP contribution in [0.5, 0.6) is 11.8 Å². The summed E-state index contributed by atoms with van der Waals surface area (Å²) < 4.78 is 92.9. The van der Waals surface area contributed by atoms with Gasteiger partial charge in [0.15, 0.2) is 5.82 Å². The van der Waals surface area contributed by atoms with Gasteiger partial charge in [0.2, 0.25) is 0 Å². The molecule has 51 heavy (non-hydrogen) atoms. The van der Waals surface area contributed by atoms with E-state index in [9.17, 15) is 22.7 Å². The summed E-state index contributed by atoms with van der Waals surface area (Å²) >= 11 is 0. The van der Waals surface area contributed by atoms with Crippen molar-refractivity contribution >= 4 is 27.5 Å². The van der Waals surface area contributed by atoms with E-state index < -0.39 is 41.6 Å². The maximum Gasteiger partial charge on any atom is 0.399 e. The molecule has 4 atom stereocenters. The molecule has 8 rings (SSSR count). The molecule has 0 radical (unpaired) electrons. The first-order chi connectivity index (χ1) is 24.4. The number of fused-ring (bicyclic) bond motifs is 5. The van der Waals surface area contributed by atoms with Gasteiger partial charge in [0.25, 0.3) is 0 Å². The minimum absolute atomic E-state index is 0.0160. The van der Waals surface area contributed by atoms with Crippen molar-refractivity contribution in [1.82, 2.24) is 25.2 Å². The third-order valence-corrected chi connectivity index (χ3v) is 10.4. The van der Waals surface area contributed by atoms with Crippen molar-refractivity contribution in [1.29, 1.82) is 0 Å². The standard InChI is InChI=1S/C37H32F6N6O2/c1-2-25-27(39)9-6-20-13-24(50)14-26(29(20)25)32-31(40)33-30(28(45-32)5-3-11-37(41,42)43)34(48-17-22-7-8-23(18-48)44-22)47-35(46-33)51-19-36-10-4-12-49(36)16-21(38)15-36/h1,6,9,13-14,21-23,44,50H,4,7-8,10-12,15-19H2/t21-,22?,23?,36+/m1/s1. The van der Waals surface area contributed by atoms with Crippen LogP contribution in [0, 0.1) is 35.8 Å². The van der Waals surface area contributed by atoms with Crippen molar-refractivity contribution in [2.45, 2.75) is 68.5 Å². The van der Waals surface area contributed by atoms with Crippen molar-refractivity contribution < 1.29 is 36.2 Å². The summed E-state index contributed by atoms with van der Waals surface area (Å²) in [6.45, 7) is 1.98. The van der Waals surface area contributed by atoms with Gasteiger partial charge in [0.1, 0.15) is 53.5 Å². The molecule has 6 heterocycles. The highest BCUT2D eigenvalue weighted by molar-refractivity contribution is 6.04. The van der Waals surface area contributed by atoms with Gasteiger partial charge in [-0.2, -0.15) is 23.1 Å². The lowest BCUT2D eigenvalue weighted by Gasteiger charge is -2.35. The van der Waals surface area contributed by atoms with E-state index in [-0.39, 0.29) is 81.2 Å². The number of phenolic OH excluding ortho intramolecular Hbond substituents is 1. The van der Waals surface area contributed by atoms with Gasteiger partial charge >= 0.3 is 12.2 Å². The number of hydrogen-bond donors (Lipinski definition) is 2. The average molecular weight is 707 g/mol. The van der Waals surface area contributed by atoms with Crippen LogP contribution in [0.4, 0.5) is 32.2 Å². The largest absolute Gasteiger partial charge is 0.508 e. The molecule has 0 spiro atoms. The number of benzene rings is 2. The molecule has 0 amide bonds. The first-order valence-corrected chi connectivity index (χ1v) is 16.8. The van der Waals surface area contributed by atoms with Crippen LogP contribution in [0.15, 0.2) is 24.3 Å². The molecule has 8 nitrogen and oxygen atoms in total. The summed E-state index contributed by atoms with van der Waals surface area (Å²) in [6.07, 6.45) is 2.21. The Kier molecular flexibility index (Phi) is 8.15. The molecule has 0 aliphatic carbocycles. The highest BCUT2D eigenvalue weighted by atomic mass is 19.4. The maximum absolute atomic E-state index is 17.2. The second kappa shape index (κ2) is 12.5. The van der Waals surface area contributed by atoms with Crippen LogP contribution in [-0.4, -0.2) is 87.7 Å². The van der Waals surface area contributed by atoms with E-state index in [1.54, 1.807) is 0 Å². The zero-order valence-electron chi connectivity index (χ0n) is 27.3. The Morgan fingerprint density at radius 2 is 1.84 bits per heavy atom. The summed E-state index contributed by atoms with van der Waals surface area (Å²) in [6, 6.07) is 4.94. The third kappa shape index (κ3) is 6.04. The molecule has 2 aromatic carbocycles. The van der Waals surface area contributed by atoms with Gasteiger partial charge in [-0.25, -0.2) is 18.2 Å². The lowest BCUT2D eigenvalue weighted by atomic mass is 9.95. The SMILES string of the molecule is C#Cc1c(F)ccc2cc(O)cc(-c3nc(C#CCC(F)(F)F)c4c(N5CC6CCC(C5)N6)nc(OC[C@@]56CCCN5C[C@H](F)C6)nc4c3F)c12. The fourth-order valence-electron chi connectivity index (χ4n) is 8.30. The first-order valence-electron chi connectivity index (χ1n) is 16.8. The number of piperazine rings is 1. The van der Waals surface area contributed by atoms with E-state index in [0.29, 0.717) is 26.1 Å². The number of ether oxygens (including phenoxy) is 1. The summed E-state index contributed by atoms with van der Waals surface area (Å²) in [5.74, 6) is 4.96. The van der Waals surface area contributed by atoms with Crippen LogP contribution in [0.2, 0.25) is 0 Å². The molecule has 2 bridgehead atoms. The highest BCUT2D eigenvalue weighted by Gasteiger charge is 2.49. The quantitative estimate of drug-likeness (QED) is 0.193. The van der Waals surface area contributed by atoms with E-state index in [0.717, 1.165) is 37.9 Å². The molecule has 2 unspecified atom stereocenters. The molecule has 4 aliphatic rings. The lowest BCUT2D eigenvalue weighted by molar-refractivity contribution is -0.123. The summed E-state index contributed by atoms with van der Waals surface area (Å²) in [4.78, 5) is 17.6. The topological polar surface area (TPSA) is 86.6 Å². The van der Waals surface area contributed by atoms with E-state index in [1.165, 1.54) is 12.1 Å². The van der Waals surface area contributed by atoms with E-state index >= 15 is 8.78 Å². The van der Waals surface area contributed by atoms with Gasteiger partial charge in [0, 0.05) is 49.1 Å². The number of halogens is 6. The smallest absolute Gasteiger partial charge is 0.399 e. The number of phenols is 1. The number of pyridine rings is 1. The molecular weight excluding hydrogens is 674 g/mol. The number of aromatic nitrogens is 3. The Morgan fingerprint density at radius 1 is 1.06 bits per heavy atom. The molecule has 4 saturated heterocycles. The molecule has 2 aromatic heterocycles. The van der Waals surface area contributed by atoms with Gasteiger partial charge in [-0.3, -0.25) is 4.90 Å². The van der Waals surface area contributed by atoms with Crippen LogP contribution in [0.3, 0.4) is 0 Å². The Labute approximate surface area is 289 Å². The average Bonchev–Trinajstić information content (AvgIpc) is 3.73. The Balaban J connectivity index is 1.36. The Morgan fingerprint density at radius 3 is 2.59 bits per heavy atom. The fourth-order valence-corrected chi connectivity index (χ4v) is 8.30. The van der Waals surface area contributed by atoms with Crippen LogP contribution in [-0.2, 0) is 0 Å². The van der Waals surface area contributed by atoms with Gasteiger partial charge < -0.3 is 20.1 Å². The summed E-state index contributed by atoms with van der Waals surface area (Å²) in [7, 11) is 0. The molecule has 0 saturated carbocycles. The van der Waals surface area contributed by atoms with Gasteiger partial charge in [0.05, 0.1) is 16.5 Å². The van der Waals surface area contributed by atoms with Crippen LogP contribution >= 0.6 is 0 Å². The number of rotatable bonds is 5. The number of hydrogen-bond acceptors (Lipinski definition) is 8. The summed E-state index contributed by atoms with van der Waals surface area (Å²) in [5.41, 5.74) is -1.95. The summed E-state index contributed by atoms with van der Waals surface area (Å²) in [5, 5.41) is 14.5. The van der Waals surface area contributed by atoms with E-state index in [4.69, 9.17) is 16.1 Å². The van der Waals surface area contributed by atoms with Crippen molar-refractivity contribution in [3.05, 3.63) is 47.2 Å². The highest BCUT2D eigenvalue weighted by Crippen LogP contribution is 2.43. The van der Waals surface area contributed by atoms with Gasteiger partial charge in [-0.05, 0) is 61.7 Å². The number of nitrogens with one attached hydrogen (secondary N) is 1. The lowest BCUT2D eigenvalue weighted by Crippen LogP contribution is -2.51. The molecule has 2 N–H and O–H groups in total. The van der Waals surface area contributed by atoms with Crippen molar-refractivity contribution in [2.24, 2.45) is 0 Å². The molecule has 14 heteroatoms. The zero-order valence-corrected chi connectivity index (χ0v) is 27.3. The number of alkyl halides is 4. The second-order valence-electron chi connectivity index (χ2n) is 13.8. The van der Waals surface area contributed by atoms with Crippen molar-refractivity contribution in [2.75, 3.05) is 37.7 Å². The number of aromatic hydroxyl groups is 1. The molecule has 4 aromatic rings. The van der Waals surface area contributed by atoms with Crippen LogP contribution in [0.1, 0.15) is 49.8 Å². The monoisotopic (exact) mass is 706 g/mol.